The molecule has 0 aliphatic rings. The van der Waals surface area contributed by atoms with Gasteiger partial charge in [-0.3, -0.25) is 14.9 Å². The van der Waals surface area contributed by atoms with E-state index in [0.717, 1.165) is 16.8 Å². The molecule has 0 N–H and O–H groups in total. The van der Waals surface area contributed by atoms with Gasteiger partial charge in [0.2, 0.25) is 0 Å². The lowest BCUT2D eigenvalue weighted by molar-refractivity contribution is -0.386. The maximum atomic E-state index is 11.9. The van der Waals surface area contributed by atoms with Crippen LogP contribution in [-0.4, -0.2) is 11.2 Å². The Kier molecular flexibility index (Phi) is 4.33. The number of carbonyl (C=O) groups is 1. The largest absolute Gasteiger partial charge is 0.482 e. The Labute approximate surface area is 157 Å². The third-order valence-corrected chi connectivity index (χ3v) is 4.41. The predicted molar refractivity (Wildman–Crippen MR) is 103 cm³/mol. The number of hydrogen-bond donors (Lipinski definition) is 0. The van der Waals surface area contributed by atoms with Crippen molar-refractivity contribution >= 4 is 33.7 Å². The molecule has 3 aromatic carbocycles. The zero-order valence-electron chi connectivity index (χ0n) is 14.5. The number of fused-ring (bicyclic) bond motifs is 3. The Morgan fingerprint density at radius 3 is 2.68 bits per heavy atom. The molecule has 4 rings (SSSR count). The first-order valence-corrected chi connectivity index (χ1v) is 8.38. The van der Waals surface area contributed by atoms with Crippen LogP contribution in [0.4, 0.5) is 5.69 Å². The Morgan fingerprint density at radius 2 is 1.89 bits per heavy atom. The van der Waals surface area contributed by atoms with Crippen molar-refractivity contribution in [2.75, 3.05) is 0 Å². The van der Waals surface area contributed by atoms with E-state index in [9.17, 15) is 19.7 Å². The first kappa shape index (κ1) is 17.4. The molecule has 0 atom stereocenters. The van der Waals surface area contributed by atoms with Crippen molar-refractivity contribution in [1.82, 2.24) is 0 Å². The highest BCUT2D eigenvalue weighted by Gasteiger charge is 2.17. The van der Waals surface area contributed by atoms with Crippen molar-refractivity contribution in [2.45, 2.75) is 6.61 Å². The van der Waals surface area contributed by atoms with E-state index in [1.165, 1.54) is 18.2 Å². The molecule has 1 heterocycles. The summed E-state index contributed by atoms with van der Waals surface area (Å²) in [6.45, 7) is -0.0720. The van der Waals surface area contributed by atoms with Crippen molar-refractivity contribution in [1.29, 1.82) is 0 Å². The summed E-state index contributed by atoms with van der Waals surface area (Å²) in [4.78, 5) is 33.5. The van der Waals surface area contributed by atoms with Crippen LogP contribution in [0.1, 0.15) is 15.9 Å². The molecule has 0 bridgehead atoms. The molecule has 0 spiro atoms. The van der Waals surface area contributed by atoms with Gasteiger partial charge in [-0.15, -0.1) is 0 Å². The Hall–Kier alpha value is -4.00. The van der Waals surface area contributed by atoms with E-state index in [-0.39, 0.29) is 23.6 Å². The minimum absolute atomic E-state index is 0.0113. The number of nitro benzene ring substituents is 1. The van der Waals surface area contributed by atoms with E-state index in [0.29, 0.717) is 22.8 Å². The maximum absolute atomic E-state index is 11.9. The average molecular weight is 375 g/mol. The smallest absolute Gasteiger partial charge is 0.336 e. The number of nitrogens with zero attached hydrogens (tertiary/aromatic N) is 1. The summed E-state index contributed by atoms with van der Waals surface area (Å²) in [7, 11) is 0. The van der Waals surface area contributed by atoms with E-state index in [4.69, 9.17) is 9.15 Å². The summed E-state index contributed by atoms with van der Waals surface area (Å²) in [6.07, 6.45) is 0.527. The molecule has 0 unspecified atom stereocenters. The standard InChI is InChI=1S/C21H13NO6/c23-11-13-5-7-18(17(9-13)22(25)26)27-12-15-10-20(24)28-19-8-6-14-3-1-2-4-16(14)21(15)19/h1-11H,12H2. The second kappa shape index (κ2) is 6.96. The summed E-state index contributed by atoms with van der Waals surface area (Å²) in [5.41, 5.74) is 0.289. The van der Waals surface area contributed by atoms with Crippen LogP contribution in [0.5, 0.6) is 5.75 Å². The first-order valence-electron chi connectivity index (χ1n) is 8.38. The lowest BCUT2D eigenvalue weighted by Crippen LogP contribution is -2.05. The second-order valence-electron chi connectivity index (χ2n) is 6.14. The lowest BCUT2D eigenvalue weighted by atomic mass is 10.0. The molecule has 138 valence electrons. The fourth-order valence-corrected chi connectivity index (χ4v) is 3.16. The molecular formula is C21H13NO6. The van der Waals surface area contributed by atoms with Crippen LogP contribution in [0.15, 0.2) is 69.9 Å². The molecule has 7 nitrogen and oxygen atoms in total. The number of carbonyl (C=O) groups excluding carboxylic acids is 1. The molecule has 0 fully saturated rings. The monoisotopic (exact) mass is 375 g/mol. The van der Waals surface area contributed by atoms with Crippen LogP contribution >= 0.6 is 0 Å². The number of rotatable bonds is 5. The summed E-state index contributed by atoms with van der Waals surface area (Å²) >= 11 is 0. The number of ether oxygens (including phenoxy) is 1. The third kappa shape index (κ3) is 3.09. The molecule has 0 radical (unpaired) electrons. The first-order chi connectivity index (χ1) is 13.6. The van der Waals surface area contributed by atoms with E-state index in [1.807, 2.05) is 30.3 Å². The Bertz CT molecular complexity index is 1290. The van der Waals surface area contributed by atoms with E-state index < -0.39 is 10.5 Å². The summed E-state index contributed by atoms with van der Waals surface area (Å²) in [5, 5.41) is 13.8. The van der Waals surface area contributed by atoms with Crippen molar-refractivity contribution < 1.29 is 18.9 Å². The topological polar surface area (TPSA) is 99.7 Å². The predicted octanol–water partition coefficient (Wildman–Crippen LogP) is 4.25. The molecular weight excluding hydrogens is 362 g/mol. The quantitative estimate of drug-likeness (QED) is 0.170. The van der Waals surface area contributed by atoms with Gasteiger partial charge >= 0.3 is 11.3 Å². The molecule has 28 heavy (non-hydrogen) atoms. The molecule has 0 saturated carbocycles. The minimum atomic E-state index is -0.616. The van der Waals surface area contributed by atoms with Crippen LogP contribution in [0.2, 0.25) is 0 Å². The van der Waals surface area contributed by atoms with Crippen LogP contribution in [-0.2, 0) is 6.61 Å². The summed E-state index contributed by atoms with van der Waals surface area (Å²) in [5.74, 6) is 0.0113. The van der Waals surface area contributed by atoms with Crippen LogP contribution in [0.3, 0.4) is 0 Å². The molecule has 7 heteroatoms. The van der Waals surface area contributed by atoms with Gasteiger partial charge in [-0.05, 0) is 29.0 Å². The normalized spacial score (nSPS) is 10.9. The van der Waals surface area contributed by atoms with Crippen LogP contribution in [0, 0.1) is 10.1 Å². The highest BCUT2D eigenvalue weighted by Crippen LogP contribution is 2.31. The fraction of sp³-hybridized carbons (Fsp3) is 0.0476. The zero-order valence-corrected chi connectivity index (χ0v) is 14.5. The van der Waals surface area contributed by atoms with Crippen LogP contribution in [0.25, 0.3) is 21.7 Å². The highest BCUT2D eigenvalue weighted by molar-refractivity contribution is 6.07. The number of hydrogen-bond acceptors (Lipinski definition) is 6. The van der Waals surface area contributed by atoms with E-state index >= 15 is 0 Å². The molecule has 0 amide bonds. The van der Waals surface area contributed by atoms with E-state index in [1.54, 1.807) is 6.07 Å². The molecule has 0 saturated heterocycles. The van der Waals surface area contributed by atoms with Gasteiger partial charge in [0.15, 0.2) is 5.75 Å². The average Bonchev–Trinajstić information content (AvgIpc) is 2.71. The fourth-order valence-electron chi connectivity index (χ4n) is 3.16. The number of aldehydes is 1. The summed E-state index contributed by atoms with van der Waals surface area (Å²) < 4.78 is 11.0. The van der Waals surface area contributed by atoms with Gasteiger partial charge in [-0.2, -0.15) is 0 Å². The Balaban J connectivity index is 1.81. The maximum Gasteiger partial charge on any atom is 0.336 e. The van der Waals surface area contributed by atoms with Crippen molar-refractivity contribution in [2.24, 2.45) is 0 Å². The molecule has 4 aromatic rings. The van der Waals surface area contributed by atoms with E-state index in [2.05, 4.69) is 0 Å². The van der Waals surface area contributed by atoms with Gasteiger partial charge in [0, 0.05) is 28.6 Å². The molecule has 0 aliphatic heterocycles. The zero-order chi connectivity index (χ0) is 19.7. The van der Waals surface area contributed by atoms with Crippen molar-refractivity contribution in [3.05, 3.63) is 92.3 Å². The van der Waals surface area contributed by atoms with Gasteiger partial charge < -0.3 is 9.15 Å². The van der Waals surface area contributed by atoms with Crippen LogP contribution < -0.4 is 10.4 Å². The molecule has 0 aliphatic carbocycles. The molecule has 1 aromatic heterocycles. The lowest BCUT2D eigenvalue weighted by Gasteiger charge is -2.11. The number of benzene rings is 3. The minimum Gasteiger partial charge on any atom is -0.482 e. The highest BCUT2D eigenvalue weighted by atomic mass is 16.6. The Morgan fingerprint density at radius 1 is 1.07 bits per heavy atom. The van der Waals surface area contributed by atoms with Crippen molar-refractivity contribution in [3.63, 3.8) is 0 Å². The van der Waals surface area contributed by atoms with Gasteiger partial charge in [-0.1, -0.05) is 30.3 Å². The SMILES string of the molecule is O=Cc1ccc(OCc2cc(=O)oc3ccc4ccccc4c23)c([N+](=O)[O-])c1. The van der Waals surface area contributed by atoms with Gasteiger partial charge in [0.25, 0.3) is 0 Å². The second-order valence-corrected chi connectivity index (χ2v) is 6.14. The van der Waals surface area contributed by atoms with Gasteiger partial charge in [-0.25, -0.2) is 4.79 Å². The van der Waals surface area contributed by atoms with Gasteiger partial charge in [0.05, 0.1) is 4.92 Å². The van der Waals surface area contributed by atoms with Gasteiger partial charge in [0.1, 0.15) is 18.5 Å². The third-order valence-electron chi connectivity index (χ3n) is 4.41. The summed E-state index contributed by atoms with van der Waals surface area (Å²) in [6, 6.07) is 16.5. The van der Waals surface area contributed by atoms with Crippen molar-refractivity contribution in [3.8, 4) is 5.75 Å². The number of nitro groups is 1.